The van der Waals surface area contributed by atoms with Crippen molar-refractivity contribution in [2.75, 3.05) is 5.73 Å². The Morgan fingerprint density at radius 3 is 2.10 bits per heavy atom. The molecule has 106 valence electrons. The van der Waals surface area contributed by atoms with E-state index >= 15 is 0 Å². The van der Waals surface area contributed by atoms with Gasteiger partial charge in [0.05, 0.1) is 0 Å². The van der Waals surface area contributed by atoms with Gasteiger partial charge in [0.2, 0.25) is 0 Å². The van der Waals surface area contributed by atoms with Crippen molar-refractivity contribution in [1.82, 2.24) is 4.98 Å². The van der Waals surface area contributed by atoms with Crippen molar-refractivity contribution in [2.45, 2.75) is 46.5 Å². The molecule has 2 aromatic rings. The molecule has 0 aliphatic carbocycles. The summed E-state index contributed by atoms with van der Waals surface area (Å²) < 4.78 is 0. The highest BCUT2D eigenvalue weighted by Gasteiger charge is 2.13. The number of nitrogens with zero attached hydrogens (tertiary/aromatic N) is 1. The van der Waals surface area contributed by atoms with Crippen LogP contribution in [0.5, 0.6) is 0 Å². The fourth-order valence-electron chi connectivity index (χ4n) is 2.53. The van der Waals surface area contributed by atoms with Crippen LogP contribution in [0.1, 0.15) is 56.4 Å². The lowest BCUT2D eigenvalue weighted by Crippen LogP contribution is -2.00. The Hall–Kier alpha value is -1.83. The van der Waals surface area contributed by atoms with Crippen molar-refractivity contribution in [2.24, 2.45) is 0 Å². The van der Waals surface area contributed by atoms with Crippen molar-refractivity contribution in [3.05, 3.63) is 47.2 Å². The van der Waals surface area contributed by atoms with Crippen LogP contribution in [0.4, 0.5) is 5.82 Å². The summed E-state index contributed by atoms with van der Waals surface area (Å²) in [7, 11) is 0. The van der Waals surface area contributed by atoms with Gasteiger partial charge in [-0.25, -0.2) is 4.98 Å². The molecule has 0 spiro atoms. The first-order valence-electron chi connectivity index (χ1n) is 7.27. The summed E-state index contributed by atoms with van der Waals surface area (Å²) in [6.07, 6.45) is 0. The minimum Gasteiger partial charge on any atom is -0.384 e. The smallest absolute Gasteiger partial charge is 0.123 e. The first-order valence-corrected chi connectivity index (χ1v) is 7.27. The Morgan fingerprint density at radius 2 is 1.55 bits per heavy atom. The van der Waals surface area contributed by atoms with Gasteiger partial charge in [-0.2, -0.15) is 0 Å². The maximum atomic E-state index is 5.76. The highest BCUT2D eigenvalue weighted by Crippen LogP contribution is 2.33. The molecule has 2 N–H and O–H groups in total. The van der Waals surface area contributed by atoms with Gasteiger partial charge < -0.3 is 5.73 Å². The number of hydrogen-bond acceptors (Lipinski definition) is 2. The Kier molecular flexibility index (Phi) is 4.12. The van der Waals surface area contributed by atoms with E-state index in [2.05, 4.69) is 56.9 Å². The fraction of sp³-hybridized carbons (Fsp3) is 0.389. The number of rotatable bonds is 3. The molecule has 20 heavy (non-hydrogen) atoms. The maximum Gasteiger partial charge on any atom is 0.123 e. The molecule has 0 radical (unpaired) electrons. The zero-order chi connectivity index (χ0) is 14.9. The van der Waals surface area contributed by atoms with Gasteiger partial charge in [-0.15, -0.1) is 0 Å². The van der Waals surface area contributed by atoms with E-state index in [0.29, 0.717) is 17.7 Å². The molecule has 1 aromatic carbocycles. The number of hydrogen-bond donors (Lipinski definition) is 1. The Bertz CT molecular complexity index is 613. The largest absolute Gasteiger partial charge is 0.384 e. The van der Waals surface area contributed by atoms with Crippen molar-refractivity contribution in [1.29, 1.82) is 0 Å². The van der Waals surface area contributed by atoms with E-state index in [1.165, 1.54) is 22.3 Å². The molecule has 0 fully saturated rings. The number of benzene rings is 1. The summed E-state index contributed by atoms with van der Waals surface area (Å²) in [5.74, 6) is 1.61. The van der Waals surface area contributed by atoms with Gasteiger partial charge in [0.15, 0.2) is 0 Å². The standard InChI is InChI=1S/C18H24N2/c1-11(2)14-6-7-16(17(10-14)12(3)4)15-8-9-18(19)20-13(15)5/h6-12H,1-5H3,(H2,19,20). The number of pyridine rings is 1. The first kappa shape index (κ1) is 14.6. The van der Waals surface area contributed by atoms with E-state index in [1.54, 1.807) is 0 Å². The van der Waals surface area contributed by atoms with Crippen molar-refractivity contribution in [3.8, 4) is 11.1 Å². The monoisotopic (exact) mass is 268 g/mol. The molecule has 0 saturated carbocycles. The molecule has 0 unspecified atom stereocenters. The first-order chi connectivity index (χ1) is 9.40. The number of aromatic nitrogens is 1. The summed E-state index contributed by atoms with van der Waals surface area (Å²) in [4.78, 5) is 4.39. The number of nitrogens with two attached hydrogens (primary N) is 1. The van der Waals surface area contributed by atoms with Crippen molar-refractivity contribution < 1.29 is 0 Å². The lowest BCUT2D eigenvalue weighted by molar-refractivity contribution is 0.835. The molecule has 0 aliphatic heterocycles. The minimum absolute atomic E-state index is 0.487. The van der Waals surface area contributed by atoms with Crippen LogP contribution in [0.2, 0.25) is 0 Å². The third-order valence-corrected chi connectivity index (χ3v) is 3.76. The lowest BCUT2D eigenvalue weighted by Gasteiger charge is -2.17. The van der Waals surface area contributed by atoms with Crippen LogP contribution in [-0.2, 0) is 0 Å². The van der Waals surface area contributed by atoms with E-state index in [0.717, 1.165) is 5.69 Å². The van der Waals surface area contributed by atoms with Crippen LogP contribution in [0, 0.1) is 6.92 Å². The van der Waals surface area contributed by atoms with Crippen molar-refractivity contribution >= 4 is 5.82 Å². The molecular weight excluding hydrogens is 244 g/mol. The number of nitrogen functional groups attached to an aromatic ring is 1. The molecule has 0 amide bonds. The zero-order valence-electron chi connectivity index (χ0n) is 13.1. The summed E-state index contributed by atoms with van der Waals surface area (Å²) >= 11 is 0. The average molecular weight is 268 g/mol. The topological polar surface area (TPSA) is 38.9 Å². The highest BCUT2D eigenvalue weighted by molar-refractivity contribution is 5.71. The predicted octanol–water partition coefficient (Wildman–Crippen LogP) is 4.89. The Balaban J connectivity index is 2.61. The van der Waals surface area contributed by atoms with Crippen LogP contribution in [0.3, 0.4) is 0 Å². The number of anilines is 1. The fourth-order valence-corrected chi connectivity index (χ4v) is 2.53. The van der Waals surface area contributed by atoms with Crippen LogP contribution in [0.25, 0.3) is 11.1 Å². The van der Waals surface area contributed by atoms with Gasteiger partial charge in [0, 0.05) is 11.3 Å². The van der Waals surface area contributed by atoms with E-state index in [4.69, 9.17) is 5.73 Å². The third-order valence-electron chi connectivity index (χ3n) is 3.76. The van der Waals surface area contributed by atoms with Crippen LogP contribution in [0.15, 0.2) is 30.3 Å². The third kappa shape index (κ3) is 2.84. The average Bonchev–Trinajstić information content (AvgIpc) is 2.38. The van der Waals surface area contributed by atoms with Gasteiger partial charge in [-0.3, -0.25) is 0 Å². The van der Waals surface area contributed by atoms with Gasteiger partial charge >= 0.3 is 0 Å². The van der Waals surface area contributed by atoms with Crippen molar-refractivity contribution in [3.63, 3.8) is 0 Å². The molecule has 2 rings (SSSR count). The van der Waals surface area contributed by atoms with Crippen LogP contribution < -0.4 is 5.73 Å². The molecule has 0 saturated heterocycles. The Labute approximate surface area is 122 Å². The highest BCUT2D eigenvalue weighted by atomic mass is 14.8. The lowest BCUT2D eigenvalue weighted by atomic mass is 9.88. The van der Waals surface area contributed by atoms with Gasteiger partial charge in [-0.1, -0.05) is 45.9 Å². The van der Waals surface area contributed by atoms with E-state index in [9.17, 15) is 0 Å². The summed E-state index contributed by atoms with van der Waals surface area (Å²) in [6, 6.07) is 10.7. The molecule has 1 heterocycles. The second-order valence-corrected chi connectivity index (χ2v) is 6.03. The summed E-state index contributed by atoms with van der Waals surface area (Å²) in [5, 5.41) is 0. The normalized spacial score (nSPS) is 11.3. The van der Waals surface area contributed by atoms with Crippen LogP contribution >= 0.6 is 0 Å². The second kappa shape index (κ2) is 5.66. The van der Waals surface area contributed by atoms with Gasteiger partial charge in [0.1, 0.15) is 5.82 Å². The van der Waals surface area contributed by atoms with E-state index < -0.39 is 0 Å². The molecular formula is C18H24N2. The number of aryl methyl sites for hydroxylation is 1. The molecule has 0 bridgehead atoms. The molecule has 0 aliphatic rings. The summed E-state index contributed by atoms with van der Waals surface area (Å²) in [5.41, 5.74) is 12.0. The molecule has 1 aromatic heterocycles. The predicted molar refractivity (Wildman–Crippen MR) is 87.0 cm³/mol. The molecule has 2 heteroatoms. The Morgan fingerprint density at radius 1 is 0.900 bits per heavy atom. The van der Waals surface area contributed by atoms with E-state index in [-0.39, 0.29) is 0 Å². The maximum absolute atomic E-state index is 5.76. The van der Waals surface area contributed by atoms with Gasteiger partial charge in [-0.05, 0) is 47.6 Å². The summed E-state index contributed by atoms with van der Waals surface area (Å²) in [6.45, 7) is 11.0. The van der Waals surface area contributed by atoms with E-state index in [1.807, 2.05) is 13.0 Å². The van der Waals surface area contributed by atoms with Gasteiger partial charge in [0.25, 0.3) is 0 Å². The molecule has 2 nitrogen and oxygen atoms in total. The second-order valence-electron chi connectivity index (χ2n) is 6.03. The zero-order valence-corrected chi connectivity index (χ0v) is 13.1. The quantitative estimate of drug-likeness (QED) is 0.861. The molecule has 0 atom stereocenters. The SMILES string of the molecule is Cc1nc(N)ccc1-c1ccc(C(C)C)cc1C(C)C. The minimum atomic E-state index is 0.487. The van der Waals surface area contributed by atoms with Crippen LogP contribution in [-0.4, -0.2) is 4.98 Å².